The Balaban J connectivity index is 1.89. The molecule has 3 aromatic rings. The number of aryl methyl sites for hydroxylation is 3. The van der Waals surface area contributed by atoms with E-state index in [1.807, 2.05) is 74.5 Å². The van der Waals surface area contributed by atoms with Crippen molar-refractivity contribution in [1.82, 2.24) is 4.90 Å². The second-order valence-corrected chi connectivity index (χ2v) is 12.6. The van der Waals surface area contributed by atoms with Gasteiger partial charge in [0.1, 0.15) is 11.8 Å². The molecule has 2 N–H and O–H groups in total. The lowest BCUT2D eigenvalue weighted by Gasteiger charge is -2.29. The normalized spacial score (nSPS) is 12.6. The lowest BCUT2D eigenvalue weighted by Crippen LogP contribution is -2.39. The Morgan fingerprint density at radius 1 is 0.846 bits per heavy atom. The lowest BCUT2D eigenvalue weighted by molar-refractivity contribution is -0.137. The van der Waals surface area contributed by atoms with E-state index in [1.54, 1.807) is 11.9 Å². The SMILES string of the molecule is Cc1cccc(C)c1NC(=O)[C@@H](c1ccccc1)N(C)C(=O)CCc1cc(C(C)(C)C)c(O)c(C(C)(C)C)c1. The fourth-order valence-corrected chi connectivity index (χ4v) is 4.94. The number of phenolic OH excluding ortho intramolecular Hbond substituents is 1. The minimum absolute atomic E-state index is 0.122. The van der Waals surface area contributed by atoms with Crippen molar-refractivity contribution in [3.05, 3.63) is 94.0 Å². The average Bonchev–Trinajstić information content (AvgIpc) is 2.84. The van der Waals surface area contributed by atoms with Gasteiger partial charge in [0.15, 0.2) is 0 Å². The fourth-order valence-electron chi connectivity index (χ4n) is 4.94. The Morgan fingerprint density at radius 3 is 1.85 bits per heavy atom. The Labute approximate surface area is 234 Å². The highest BCUT2D eigenvalue weighted by Crippen LogP contribution is 2.40. The topological polar surface area (TPSA) is 69.6 Å². The molecule has 3 aromatic carbocycles. The summed E-state index contributed by atoms with van der Waals surface area (Å²) in [6, 6.07) is 18.6. The van der Waals surface area contributed by atoms with Gasteiger partial charge in [0.2, 0.25) is 5.91 Å². The fraction of sp³-hybridized carbons (Fsp3) is 0.412. The molecule has 39 heavy (non-hydrogen) atoms. The molecule has 0 aliphatic carbocycles. The second kappa shape index (κ2) is 11.6. The van der Waals surface area contributed by atoms with Crippen LogP contribution in [0.3, 0.4) is 0 Å². The van der Waals surface area contributed by atoms with Crippen LogP contribution in [0, 0.1) is 13.8 Å². The van der Waals surface area contributed by atoms with E-state index in [9.17, 15) is 14.7 Å². The lowest BCUT2D eigenvalue weighted by atomic mass is 9.78. The number of carbonyl (C=O) groups excluding carboxylic acids is 2. The van der Waals surface area contributed by atoms with Gasteiger partial charge in [0.05, 0.1) is 0 Å². The van der Waals surface area contributed by atoms with E-state index in [0.29, 0.717) is 12.2 Å². The molecule has 0 aromatic heterocycles. The maximum atomic E-state index is 13.7. The molecule has 2 amide bonds. The molecule has 0 unspecified atom stereocenters. The minimum Gasteiger partial charge on any atom is -0.507 e. The van der Waals surface area contributed by atoms with E-state index in [1.165, 1.54) is 0 Å². The van der Waals surface area contributed by atoms with E-state index in [0.717, 1.165) is 39.1 Å². The first kappa shape index (κ1) is 29.9. The monoisotopic (exact) mass is 528 g/mol. The van der Waals surface area contributed by atoms with Gasteiger partial charge in [-0.05, 0) is 64.5 Å². The maximum Gasteiger partial charge on any atom is 0.251 e. The number of likely N-dealkylation sites (N-methyl/N-ethyl adjacent to an activating group) is 1. The Morgan fingerprint density at radius 2 is 1.36 bits per heavy atom. The van der Waals surface area contributed by atoms with Gasteiger partial charge in [0, 0.05) is 19.2 Å². The third-order valence-electron chi connectivity index (χ3n) is 7.29. The summed E-state index contributed by atoms with van der Waals surface area (Å²) in [5.74, 6) is -0.0400. The molecule has 0 saturated carbocycles. The molecule has 1 atom stereocenters. The van der Waals surface area contributed by atoms with E-state index in [2.05, 4.69) is 46.9 Å². The maximum absolute atomic E-state index is 13.7. The number of rotatable bonds is 7. The summed E-state index contributed by atoms with van der Waals surface area (Å²) in [6.07, 6.45) is 0.754. The van der Waals surface area contributed by atoms with Gasteiger partial charge in [0.25, 0.3) is 5.91 Å². The highest BCUT2D eigenvalue weighted by Gasteiger charge is 2.30. The third-order valence-corrected chi connectivity index (χ3v) is 7.29. The van der Waals surface area contributed by atoms with Crippen molar-refractivity contribution in [1.29, 1.82) is 0 Å². The summed E-state index contributed by atoms with van der Waals surface area (Å²) in [5, 5.41) is 14.1. The molecule has 0 aliphatic heterocycles. The molecule has 0 fully saturated rings. The van der Waals surface area contributed by atoms with Crippen molar-refractivity contribution >= 4 is 17.5 Å². The van der Waals surface area contributed by atoms with Crippen LogP contribution in [0.15, 0.2) is 60.7 Å². The Hall–Kier alpha value is -3.60. The standard InChI is InChI=1S/C34H44N2O3/c1-22-14-13-15-23(2)29(22)35-32(39)30(25-16-11-10-12-17-25)36(9)28(37)19-18-24-20-26(33(3,4)5)31(38)27(21-24)34(6,7)8/h10-17,20-21,30,38H,18-19H2,1-9H3,(H,35,39)/t30-/m1/s1. The summed E-state index contributed by atoms with van der Waals surface area (Å²) in [6.45, 7) is 16.4. The van der Waals surface area contributed by atoms with Gasteiger partial charge in [-0.3, -0.25) is 9.59 Å². The van der Waals surface area contributed by atoms with Crippen molar-refractivity contribution in [2.45, 2.75) is 85.1 Å². The van der Waals surface area contributed by atoms with Crippen LogP contribution in [0.4, 0.5) is 5.69 Å². The number of hydrogen-bond acceptors (Lipinski definition) is 3. The summed E-state index contributed by atoms with van der Waals surface area (Å²) in [5.41, 5.74) is 5.74. The van der Waals surface area contributed by atoms with Gasteiger partial charge in [-0.2, -0.15) is 0 Å². The highest BCUT2D eigenvalue weighted by molar-refractivity contribution is 5.98. The van der Waals surface area contributed by atoms with Crippen molar-refractivity contribution in [3.8, 4) is 5.75 Å². The molecule has 0 radical (unpaired) electrons. The third kappa shape index (κ3) is 7.08. The molecular weight excluding hydrogens is 484 g/mol. The largest absolute Gasteiger partial charge is 0.507 e. The van der Waals surface area contributed by atoms with E-state index >= 15 is 0 Å². The Bertz CT molecular complexity index is 1280. The van der Waals surface area contributed by atoms with Crippen LogP contribution in [0.1, 0.15) is 87.4 Å². The predicted octanol–water partition coefficient (Wildman–Crippen LogP) is 7.38. The summed E-state index contributed by atoms with van der Waals surface area (Å²) in [7, 11) is 1.70. The number of carbonyl (C=O) groups is 2. The molecule has 0 saturated heterocycles. The van der Waals surface area contributed by atoms with Crippen LogP contribution in [0.2, 0.25) is 0 Å². The number of nitrogens with zero attached hydrogens (tertiary/aromatic N) is 1. The number of para-hydroxylation sites is 1. The quantitative estimate of drug-likeness (QED) is 0.336. The number of phenols is 1. The zero-order valence-corrected chi connectivity index (χ0v) is 25.0. The van der Waals surface area contributed by atoms with E-state index in [-0.39, 0.29) is 29.1 Å². The van der Waals surface area contributed by atoms with E-state index < -0.39 is 6.04 Å². The first-order valence-electron chi connectivity index (χ1n) is 13.7. The van der Waals surface area contributed by atoms with Gasteiger partial charge in [-0.15, -0.1) is 0 Å². The first-order chi connectivity index (χ1) is 18.1. The highest BCUT2D eigenvalue weighted by atomic mass is 16.3. The molecule has 5 heteroatoms. The van der Waals surface area contributed by atoms with Crippen molar-refractivity contribution in [2.75, 3.05) is 12.4 Å². The van der Waals surface area contributed by atoms with Crippen molar-refractivity contribution in [3.63, 3.8) is 0 Å². The van der Waals surface area contributed by atoms with Gasteiger partial charge < -0.3 is 15.3 Å². The van der Waals surface area contributed by atoms with Crippen molar-refractivity contribution in [2.24, 2.45) is 0 Å². The number of benzene rings is 3. The number of hydrogen-bond donors (Lipinski definition) is 2. The first-order valence-corrected chi connectivity index (χ1v) is 13.7. The predicted molar refractivity (Wildman–Crippen MR) is 160 cm³/mol. The zero-order chi connectivity index (χ0) is 29.1. The van der Waals surface area contributed by atoms with Crippen LogP contribution in [-0.2, 0) is 26.8 Å². The van der Waals surface area contributed by atoms with Gasteiger partial charge >= 0.3 is 0 Å². The van der Waals surface area contributed by atoms with Crippen LogP contribution in [0.5, 0.6) is 5.75 Å². The molecule has 0 spiro atoms. The molecule has 0 heterocycles. The minimum atomic E-state index is -0.771. The van der Waals surface area contributed by atoms with Crippen LogP contribution >= 0.6 is 0 Å². The Kier molecular flexibility index (Phi) is 8.94. The van der Waals surface area contributed by atoms with Crippen LogP contribution in [0.25, 0.3) is 0 Å². The molecule has 3 rings (SSSR count). The molecule has 0 aliphatic rings. The number of anilines is 1. The molecule has 5 nitrogen and oxygen atoms in total. The molecule has 208 valence electrons. The van der Waals surface area contributed by atoms with Gasteiger partial charge in [-0.1, -0.05) is 102 Å². The number of aromatic hydroxyl groups is 1. The van der Waals surface area contributed by atoms with Crippen LogP contribution < -0.4 is 5.32 Å². The number of amides is 2. The van der Waals surface area contributed by atoms with Crippen molar-refractivity contribution < 1.29 is 14.7 Å². The van der Waals surface area contributed by atoms with Crippen LogP contribution in [-0.4, -0.2) is 28.9 Å². The number of nitrogens with one attached hydrogen (secondary N) is 1. The zero-order valence-electron chi connectivity index (χ0n) is 25.0. The van der Waals surface area contributed by atoms with E-state index in [4.69, 9.17) is 0 Å². The summed E-state index contributed by atoms with van der Waals surface area (Å²) in [4.78, 5) is 28.8. The average molecular weight is 529 g/mol. The molecule has 0 bridgehead atoms. The summed E-state index contributed by atoms with van der Waals surface area (Å²) < 4.78 is 0. The summed E-state index contributed by atoms with van der Waals surface area (Å²) >= 11 is 0. The molecular formula is C34H44N2O3. The smallest absolute Gasteiger partial charge is 0.251 e. The second-order valence-electron chi connectivity index (χ2n) is 12.6. The van der Waals surface area contributed by atoms with Gasteiger partial charge in [-0.25, -0.2) is 0 Å².